The molecule has 0 spiro atoms. The molecule has 1 heterocycles. The molecule has 0 aliphatic heterocycles. The van der Waals surface area contributed by atoms with Crippen molar-refractivity contribution in [3.63, 3.8) is 0 Å². The molecule has 19 heavy (non-hydrogen) atoms. The lowest BCUT2D eigenvalue weighted by Crippen LogP contribution is -2.31. The van der Waals surface area contributed by atoms with E-state index < -0.39 is 23.8 Å². The first-order valence-corrected chi connectivity index (χ1v) is 5.72. The number of anilines is 1. The Hall–Kier alpha value is -1.79. The van der Waals surface area contributed by atoms with Gasteiger partial charge >= 0.3 is 12.1 Å². The number of nitrogens with one attached hydrogen (secondary N) is 1. The molecule has 1 aromatic heterocycles. The first-order valence-electron chi connectivity index (χ1n) is 5.72. The van der Waals surface area contributed by atoms with E-state index in [0.29, 0.717) is 12.6 Å². The van der Waals surface area contributed by atoms with E-state index in [1.807, 2.05) is 13.8 Å². The van der Waals surface area contributed by atoms with Crippen LogP contribution in [0.3, 0.4) is 0 Å². The topological polar surface area (TPSA) is 62.2 Å². The number of aromatic nitrogens is 1. The van der Waals surface area contributed by atoms with Crippen molar-refractivity contribution in [2.24, 2.45) is 5.92 Å². The minimum absolute atomic E-state index is 0.112. The van der Waals surface area contributed by atoms with Crippen LogP contribution in [0.2, 0.25) is 0 Å². The van der Waals surface area contributed by atoms with Crippen LogP contribution in [-0.4, -0.2) is 22.1 Å². The summed E-state index contributed by atoms with van der Waals surface area (Å²) in [7, 11) is 0. The van der Waals surface area contributed by atoms with Gasteiger partial charge in [-0.3, -0.25) is 0 Å². The van der Waals surface area contributed by atoms with Crippen molar-refractivity contribution in [3.05, 3.63) is 23.9 Å². The number of carbonyl (C=O) groups is 1. The van der Waals surface area contributed by atoms with E-state index in [9.17, 15) is 18.0 Å². The van der Waals surface area contributed by atoms with Crippen molar-refractivity contribution in [3.8, 4) is 0 Å². The molecule has 1 aromatic rings. The Morgan fingerprint density at radius 3 is 2.42 bits per heavy atom. The van der Waals surface area contributed by atoms with Gasteiger partial charge in [-0.15, -0.1) is 0 Å². The van der Waals surface area contributed by atoms with Crippen LogP contribution < -0.4 is 5.32 Å². The molecule has 0 aliphatic carbocycles. The molecule has 1 rings (SSSR count). The number of nitrogens with zero attached hydrogens (tertiary/aromatic N) is 1. The molecule has 4 nitrogen and oxygen atoms in total. The van der Waals surface area contributed by atoms with E-state index >= 15 is 0 Å². The second-order valence-electron chi connectivity index (χ2n) is 4.59. The summed E-state index contributed by atoms with van der Waals surface area (Å²) < 4.78 is 37.0. The zero-order valence-electron chi connectivity index (χ0n) is 10.5. The lowest BCUT2D eigenvalue weighted by molar-refractivity contribution is -0.139. The summed E-state index contributed by atoms with van der Waals surface area (Å²) in [6, 6.07) is 1.12. The molecule has 0 aromatic carbocycles. The molecule has 7 heteroatoms. The zero-order chi connectivity index (χ0) is 14.6. The molecule has 0 saturated heterocycles. The monoisotopic (exact) mass is 276 g/mol. The Morgan fingerprint density at radius 1 is 1.42 bits per heavy atom. The Labute approximate surface area is 108 Å². The van der Waals surface area contributed by atoms with E-state index in [0.717, 1.165) is 12.1 Å². The summed E-state index contributed by atoms with van der Waals surface area (Å²) in [5.41, 5.74) is -0.867. The summed E-state index contributed by atoms with van der Waals surface area (Å²) in [4.78, 5) is 14.6. The normalized spacial score (nSPS) is 13.4. The second kappa shape index (κ2) is 5.90. The highest BCUT2D eigenvalue weighted by Gasteiger charge is 2.30. The molecule has 0 bridgehead atoms. The number of hydrogen-bond donors (Lipinski definition) is 2. The van der Waals surface area contributed by atoms with Crippen LogP contribution in [0.4, 0.5) is 19.0 Å². The smallest absolute Gasteiger partial charge is 0.417 e. The fourth-order valence-corrected chi connectivity index (χ4v) is 1.52. The van der Waals surface area contributed by atoms with Gasteiger partial charge in [0.1, 0.15) is 11.9 Å². The van der Waals surface area contributed by atoms with Crippen molar-refractivity contribution in [1.29, 1.82) is 0 Å². The van der Waals surface area contributed by atoms with Crippen LogP contribution in [0.15, 0.2) is 18.3 Å². The third-order valence-corrected chi connectivity index (χ3v) is 2.42. The number of rotatable bonds is 5. The molecule has 0 aliphatic rings. The fourth-order valence-electron chi connectivity index (χ4n) is 1.52. The Kier molecular flexibility index (Phi) is 4.74. The van der Waals surface area contributed by atoms with E-state index in [1.165, 1.54) is 0 Å². The summed E-state index contributed by atoms with van der Waals surface area (Å²) in [6.07, 6.45) is -3.41. The van der Waals surface area contributed by atoms with Crippen LogP contribution in [-0.2, 0) is 11.0 Å². The quantitative estimate of drug-likeness (QED) is 0.867. The predicted molar refractivity (Wildman–Crippen MR) is 63.7 cm³/mol. The molecule has 0 radical (unpaired) electrons. The maximum atomic E-state index is 12.3. The standard InChI is InChI=1S/C12H15F3N2O2/c1-7(2)5-9(11(18)19)17-10-4-3-8(6-16-10)12(13,14)15/h3-4,6-7,9H,5H2,1-2H3,(H,16,17)(H,18,19)/t9-/m0/s1. The molecule has 2 N–H and O–H groups in total. The third-order valence-electron chi connectivity index (χ3n) is 2.42. The number of hydrogen-bond acceptors (Lipinski definition) is 3. The number of carboxylic acid groups (broad SMARTS) is 1. The zero-order valence-corrected chi connectivity index (χ0v) is 10.5. The average Bonchev–Trinajstić information content (AvgIpc) is 2.27. The van der Waals surface area contributed by atoms with Crippen LogP contribution >= 0.6 is 0 Å². The maximum absolute atomic E-state index is 12.3. The van der Waals surface area contributed by atoms with Crippen molar-refractivity contribution >= 4 is 11.8 Å². The Balaban J connectivity index is 2.78. The lowest BCUT2D eigenvalue weighted by atomic mass is 10.0. The first kappa shape index (κ1) is 15.3. The number of carboxylic acids is 1. The molecule has 0 fully saturated rings. The van der Waals surface area contributed by atoms with Gasteiger partial charge in [-0.1, -0.05) is 13.8 Å². The number of pyridine rings is 1. The Bertz CT molecular complexity index is 430. The minimum Gasteiger partial charge on any atom is -0.480 e. The summed E-state index contributed by atoms with van der Waals surface area (Å²) in [5.74, 6) is -0.806. The Morgan fingerprint density at radius 2 is 2.05 bits per heavy atom. The van der Waals surface area contributed by atoms with Crippen LogP contribution in [0.1, 0.15) is 25.8 Å². The van der Waals surface area contributed by atoms with Crippen molar-refractivity contribution in [1.82, 2.24) is 4.98 Å². The molecule has 0 amide bonds. The van der Waals surface area contributed by atoms with Crippen molar-refractivity contribution in [2.45, 2.75) is 32.5 Å². The highest BCUT2D eigenvalue weighted by molar-refractivity contribution is 5.76. The number of aliphatic carboxylic acids is 1. The summed E-state index contributed by atoms with van der Waals surface area (Å²) in [6.45, 7) is 3.72. The van der Waals surface area contributed by atoms with Gasteiger partial charge in [-0.2, -0.15) is 13.2 Å². The number of alkyl halides is 3. The molecule has 0 saturated carbocycles. The highest BCUT2D eigenvalue weighted by Crippen LogP contribution is 2.29. The fraction of sp³-hybridized carbons (Fsp3) is 0.500. The largest absolute Gasteiger partial charge is 0.480 e. The van der Waals surface area contributed by atoms with E-state index in [4.69, 9.17) is 5.11 Å². The lowest BCUT2D eigenvalue weighted by Gasteiger charge is -2.17. The van der Waals surface area contributed by atoms with E-state index in [-0.39, 0.29) is 11.7 Å². The molecular weight excluding hydrogens is 261 g/mol. The van der Waals surface area contributed by atoms with Gasteiger partial charge < -0.3 is 10.4 Å². The van der Waals surface area contributed by atoms with Gasteiger partial charge in [0.15, 0.2) is 0 Å². The summed E-state index contributed by atoms with van der Waals surface area (Å²) in [5, 5.41) is 11.6. The second-order valence-corrected chi connectivity index (χ2v) is 4.59. The van der Waals surface area contributed by atoms with Crippen LogP contribution in [0.5, 0.6) is 0 Å². The van der Waals surface area contributed by atoms with Gasteiger partial charge in [-0.05, 0) is 24.5 Å². The van der Waals surface area contributed by atoms with Gasteiger partial charge in [-0.25, -0.2) is 9.78 Å². The van der Waals surface area contributed by atoms with Gasteiger partial charge in [0.2, 0.25) is 0 Å². The molecule has 106 valence electrons. The van der Waals surface area contributed by atoms with Crippen LogP contribution in [0, 0.1) is 5.92 Å². The van der Waals surface area contributed by atoms with Crippen LogP contribution in [0.25, 0.3) is 0 Å². The maximum Gasteiger partial charge on any atom is 0.417 e. The third kappa shape index (κ3) is 4.76. The van der Waals surface area contributed by atoms with Crippen molar-refractivity contribution < 1.29 is 23.1 Å². The average molecular weight is 276 g/mol. The summed E-state index contributed by atoms with van der Waals surface area (Å²) >= 11 is 0. The van der Waals surface area contributed by atoms with Gasteiger partial charge in [0, 0.05) is 6.20 Å². The first-order chi connectivity index (χ1) is 8.70. The highest BCUT2D eigenvalue weighted by atomic mass is 19.4. The van der Waals surface area contributed by atoms with Crippen molar-refractivity contribution in [2.75, 3.05) is 5.32 Å². The SMILES string of the molecule is CC(C)C[C@H](Nc1ccc(C(F)(F)F)cn1)C(=O)O. The van der Waals surface area contributed by atoms with E-state index in [2.05, 4.69) is 10.3 Å². The van der Waals surface area contributed by atoms with E-state index in [1.54, 1.807) is 0 Å². The van der Waals surface area contributed by atoms with Gasteiger partial charge in [0.25, 0.3) is 0 Å². The predicted octanol–water partition coefficient (Wildman–Crippen LogP) is 3.01. The minimum atomic E-state index is -4.45. The molecule has 1 atom stereocenters. The molecule has 0 unspecified atom stereocenters. The molecular formula is C12H15F3N2O2. The van der Waals surface area contributed by atoms with Gasteiger partial charge in [0.05, 0.1) is 5.56 Å². The number of halogens is 3.